The van der Waals surface area contributed by atoms with Gasteiger partial charge in [-0.2, -0.15) is 0 Å². The van der Waals surface area contributed by atoms with Crippen molar-refractivity contribution in [2.45, 2.75) is 41.9 Å². The lowest BCUT2D eigenvalue weighted by Crippen LogP contribution is -2.19. The summed E-state index contributed by atoms with van der Waals surface area (Å²) in [7, 11) is 1.60. The number of hydrogen-bond acceptors (Lipinski definition) is 4. The third kappa shape index (κ3) is 5.15. The van der Waals surface area contributed by atoms with Crippen LogP contribution in [0.5, 0.6) is 5.75 Å². The van der Waals surface area contributed by atoms with Crippen LogP contribution in [0.25, 0.3) is 0 Å². The van der Waals surface area contributed by atoms with Crippen molar-refractivity contribution in [3.8, 4) is 5.75 Å². The SMILES string of the molecule is COc1ccc(C(=O)Nc2ccc(F)c(Cl)c2)cc1SC1CCC(O)CC1. The van der Waals surface area contributed by atoms with Crippen molar-refractivity contribution in [2.24, 2.45) is 0 Å². The molecule has 27 heavy (non-hydrogen) atoms. The maximum atomic E-state index is 13.3. The molecule has 4 nitrogen and oxygen atoms in total. The normalized spacial score (nSPS) is 19.6. The highest BCUT2D eigenvalue weighted by molar-refractivity contribution is 8.00. The second kappa shape index (κ2) is 8.95. The van der Waals surface area contributed by atoms with Crippen LogP contribution in [-0.4, -0.2) is 29.5 Å². The Morgan fingerprint density at radius 2 is 1.96 bits per heavy atom. The molecule has 2 N–H and O–H groups in total. The van der Waals surface area contributed by atoms with Crippen molar-refractivity contribution < 1.29 is 19.0 Å². The highest BCUT2D eigenvalue weighted by atomic mass is 35.5. The fourth-order valence-electron chi connectivity index (χ4n) is 3.03. The number of ether oxygens (including phenoxy) is 1. The summed E-state index contributed by atoms with van der Waals surface area (Å²) in [6.45, 7) is 0. The average Bonchev–Trinajstić information content (AvgIpc) is 2.66. The van der Waals surface area contributed by atoms with E-state index in [1.54, 1.807) is 37.1 Å². The van der Waals surface area contributed by atoms with Gasteiger partial charge in [0.05, 0.1) is 23.1 Å². The Kier molecular flexibility index (Phi) is 6.63. The number of carbonyl (C=O) groups is 1. The predicted molar refractivity (Wildman–Crippen MR) is 106 cm³/mol. The zero-order chi connectivity index (χ0) is 19.4. The number of carbonyl (C=O) groups excluding carboxylic acids is 1. The molecule has 0 saturated heterocycles. The molecule has 0 atom stereocenters. The molecule has 1 aliphatic rings. The number of halogens is 2. The van der Waals surface area contributed by atoms with Gasteiger partial charge in [-0.25, -0.2) is 4.39 Å². The first-order chi connectivity index (χ1) is 13.0. The molecule has 1 saturated carbocycles. The van der Waals surface area contributed by atoms with Gasteiger partial charge in [-0.15, -0.1) is 11.8 Å². The average molecular weight is 410 g/mol. The number of anilines is 1. The Morgan fingerprint density at radius 1 is 1.22 bits per heavy atom. The van der Waals surface area contributed by atoms with Crippen molar-refractivity contribution in [3.63, 3.8) is 0 Å². The van der Waals surface area contributed by atoms with E-state index >= 15 is 0 Å². The summed E-state index contributed by atoms with van der Waals surface area (Å²) in [5.74, 6) is -0.121. The van der Waals surface area contributed by atoms with E-state index in [0.717, 1.165) is 30.6 Å². The number of methoxy groups -OCH3 is 1. The molecule has 0 bridgehead atoms. The van der Waals surface area contributed by atoms with Crippen molar-refractivity contribution in [1.29, 1.82) is 0 Å². The number of benzene rings is 2. The van der Waals surface area contributed by atoms with Crippen LogP contribution in [0.2, 0.25) is 5.02 Å². The van der Waals surface area contributed by atoms with Gasteiger partial charge in [-0.05, 0) is 62.1 Å². The first-order valence-corrected chi connectivity index (χ1v) is 10.0. The quantitative estimate of drug-likeness (QED) is 0.718. The van der Waals surface area contributed by atoms with Gasteiger partial charge in [0.2, 0.25) is 0 Å². The molecule has 1 amide bonds. The molecular formula is C20H21ClFNO3S. The summed E-state index contributed by atoms with van der Waals surface area (Å²) in [6, 6.07) is 9.31. The molecule has 2 aromatic rings. The molecule has 0 spiro atoms. The number of thioether (sulfide) groups is 1. The summed E-state index contributed by atoms with van der Waals surface area (Å²) in [5.41, 5.74) is 0.910. The molecular weight excluding hydrogens is 389 g/mol. The topological polar surface area (TPSA) is 58.6 Å². The highest BCUT2D eigenvalue weighted by Crippen LogP contribution is 2.39. The van der Waals surface area contributed by atoms with Gasteiger partial charge in [0.25, 0.3) is 5.91 Å². The Labute approximate surface area is 167 Å². The van der Waals surface area contributed by atoms with Gasteiger partial charge in [0.1, 0.15) is 11.6 Å². The van der Waals surface area contributed by atoms with E-state index in [0.29, 0.717) is 22.3 Å². The van der Waals surface area contributed by atoms with Crippen LogP contribution in [0.1, 0.15) is 36.0 Å². The molecule has 2 aromatic carbocycles. The maximum Gasteiger partial charge on any atom is 0.255 e. The van der Waals surface area contributed by atoms with E-state index in [1.165, 1.54) is 18.2 Å². The molecule has 0 heterocycles. The predicted octanol–water partition coefficient (Wildman–Crippen LogP) is 5.14. The van der Waals surface area contributed by atoms with Crippen LogP contribution in [0.4, 0.5) is 10.1 Å². The lowest BCUT2D eigenvalue weighted by molar-refractivity contribution is 0.102. The zero-order valence-electron chi connectivity index (χ0n) is 14.9. The largest absolute Gasteiger partial charge is 0.496 e. The minimum absolute atomic E-state index is 0.0433. The molecule has 3 rings (SSSR count). The van der Waals surface area contributed by atoms with Gasteiger partial charge in [-0.1, -0.05) is 11.6 Å². The molecule has 0 radical (unpaired) electrons. The molecule has 1 aliphatic carbocycles. The summed E-state index contributed by atoms with van der Waals surface area (Å²) in [5, 5.41) is 12.7. The van der Waals surface area contributed by atoms with Gasteiger partial charge < -0.3 is 15.2 Å². The van der Waals surface area contributed by atoms with E-state index in [-0.39, 0.29) is 17.0 Å². The zero-order valence-corrected chi connectivity index (χ0v) is 16.4. The molecule has 1 fully saturated rings. The van der Waals surface area contributed by atoms with Gasteiger partial charge in [0, 0.05) is 16.5 Å². The van der Waals surface area contributed by atoms with Crippen LogP contribution in [0.15, 0.2) is 41.3 Å². The molecule has 0 unspecified atom stereocenters. The van der Waals surface area contributed by atoms with E-state index < -0.39 is 5.82 Å². The van der Waals surface area contributed by atoms with Crippen molar-refractivity contribution in [1.82, 2.24) is 0 Å². The number of hydrogen-bond donors (Lipinski definition) is 2. The Balaban J connectivity index is 1.75. The first kappa shape index (κ1) is 20.0. The minimum atomic E-state index is -0.532. The first-order valence-electron chi connectivity index (χ1n) is 8.75. The summed E-state index contributed by atoms with van der Waals surface area (Å²) < 4.78 is 18.7. The van der Waals surface area contributed by atoms with E-state index in [4.69, 9.17) is 16.3 Å². The van der Waals surface area contributed by atoms with E-state index in [2.05, 4.69) is 5.32 Å². The number of rotatable bonds is 5. The molecule has 7 heteroatoms. The van der Waals surface area contributed by atoms with E-state index in [1.807, 2.05) is 0 Å². The Hall–Kier alpha value is -1.76. The van der Waals surface area contributed by atoms with Crippen LogP contribution in [0, 0.1) is 5.82 Å². The third-order valence-electron chi connectivity index (χ3n) is 4.54. The number of amides is 1. The van der Waals surface area contributed by atoms with Crippen LogP contribution in [-0.2, 0) is 0 Å². The third-order valence-corrected chi connectivity index (χ3v) is 6.21. The molecule has 0 aliphatic heterocycles. The monoisotopic (exact) mass is 409 g/mol. The Morgan fingerprint density at radius 3 is 2.63 bits per heavy atom. The standard InChI is InChI=1S/C20H21ClFNO3S/c1-26-18-9-2-12(10-19(18)27-15-6-4-14(24)5-7-15)20(25)23-13-3-8-17(22)16(21)11-13/h2-3,8-11,14-15,24H,4-7H2,1H3,(H,23,25). The van der Waals surface area contributed by atoms with Gasteiger partial charge in [0.15, 0.2) is 0 Å². The summed E-state index contributed by atoms with van der Waals surface area (Å²) in [4.78, 5) is 13.5. The fraction of sp³-hybridized carbons (Fsp3) is 0.350. The second-order valence-corrected chi connectivity index (χ2v) is 8.25. The minimum Gasteiger partial charge on any atom is -0.496 e. The van der Waals surface area contributed by atoms with E-state index in [9.17, 15) is 14.3 Å². The molecule has 144 valence electrons. The van der Waals surface area contributed by atoms with Gasteiger partial charge in [-0.3, -0.25) is 4.79 Å². The summed E-state index contributed by atoms with van der Waals surface area (Å²) in [6.07, 6.45) is 3.25. The maximum absolute atomic E-state index is 13.3. The number of aliphatic hydroxyl groups excluding tert-OH is 1. The number of aliphatic hydroxyl groups is 1. The van der Waals surface area contributed by atoms with Crippen molar-refractivity contribution in [2.75, 3.05) is 12.4 Å². The lowest BCUT2D eigenvalue weighted by Gasteiger charge is -2.25. The number of nitrogens with one attached hydrogen (secondary N) is 1. The Bertz CT molecular complexity index is 825. The lowest BCUT2D eigenvalue weighted by atomic mass is 9.97. The second-order valence-electron chi connectivity index (χ2n) is 6.50. The summed E-state index contributed by atoms with van der Waals surface area (Å²) >= 11 is 7.44. The van der Waals surface area contributed by atoms with Gasteiger partial charge >= 0.3 is 0 Å². The van der Waals surface area contributed by atoms with Crippen molar-refractivity contribution >= 4 is 35.0 Å². The van der Waals surface area contributed by atoms with Crippen LogP contribution in [0.3, 0.4) is 0 Å². The van der Waals surface area contributed by atoms with Crippen molar-refractivity contribution in [3.05, 3.63) is 52.8 Å². The van der Waals surface area contributed by atoms with Crippen LogP contribution >= 0.6 is 23.4 Å². The fourth-order valence-corrected chi connectivity index (χ4v) is 4.54. The smallest absolute Gasteiger partial charge is 0.255 e. The highest BCUT2D eigenvalue weighted by Gasteiger charge is 2.22. The van der Waals surface area contributed by atoms with Crippen LogP contribution < -0.4 is 10.1 Å². The molecule has 0 aromatic heterocycles.